The zero-order chi connectivity index (χ0) is 19.9. The number of amides is 1. The van der Waals surface area contributed by atoms with Crippen molar-refractivity contribution < 1.29 is 14.3 Å². The molecule has 3 atom stereocenters. The van der Waals surface area contributed by atoms with Gasteiger partial charge in [0.15, 0.2) is 0 Å². The number of esters is 1. The van der Waals surface area contributed by atoms with E-state index in [0.717, 1.165) is 64.3 Å². The van der Waals surface area contributed by atoms with Gasteiger partial charge in [0.1, 0.15) is 0 Å². The summed E-state index contributed by atoms with van der Waals surface area (Å²) in [5.74, 6) is -0.222. The summed E-state index contributed by atoms with van der Waals surface area (Å²) in [6.07, 6.45) is 11.0. The van der Waals surface area contributed by atoms with Gasteiger partial charge in [-0.05, 0) is 45.6 Å². The highest BCUT2D eigenvalue weighted by atomic mass is 16.5. The molecule has 1 saturated carbocycles. The molecule has 0 heterocycles. The molecule has 6 nitrogen and oxygen atoms in total. The molecule has 4 N–H and O–H groups in total. The minimum absolute atomic E-state index is 0.0199. The van der Waals surface area contributed by atoms with Crippen molar-refractivity contribution in [3.05, 3.63) is 0 Å². The number of hydrogen-bond acceptors (Lipinski definition) is 5. The van der Waals surface area contributed by atoms with Gasteiger partial charge < -0.3 is 21.1 Å². The molecule has 1 fully saturated rings. The standard InChI is InChI=1S/C21H41N3O3/c1-3-5-6-11-16-23-20(25)19(14-9-10-15-22)24-18-13-8-7-12-17(18)21(26)27-4-2/h17-19,24H,3-16,22H2,1-2H3,(H,23,25). The molecule has 6 heteroatoms. The second-order valence-corrected chi connectivity index (χ2v) is 7.60. The number of ether oxygens (including phenoxy) is 1. The van der Waals surface area contributed by atoms with E-state index in [1.165, 1.54) is 12.8 Å². The Morgan fingerprint density at radius 2 is 1.85 bits per heavy atom. The molecule has 0 spiro atoms. The molecule has 1 aliphatic rings. The number of unbranched alkanes of at least 4 members (excludes halogenated alkanes) is 4. The monoisotopic (exact) mass is 383 g/mol. The van der Waals surface area contributed by atoms with Crippen molar-refractivity contribution in [1.29, 1.82) is 0 Å². The fraction of sp³-hybridized carbons (Fsp3) is 0.905. The maximum absolute atomic E-state index is 12.7. The SMILES string of the molecule is CCCCCCNC(=O)C(CCCCN)NC1CCCCC1C(=O)OCC. The highest BCUT2D eigenvalue weighted by molar-refractivity contribution is 5.82. The first kappa shape index (κ1) is 23.9. The average Bonchev–Trinajstić information content (AvgIpc) is 2.67. The van der Waals surface area contributed by atoms with Gasteiger partial charge in [-0.25, -0.2) is 0 Å². The molecule has 0 aliphatic heterocycles. The van der Waals surface area contributed by atoms with Crippen LogP contribution in [0, 0.1) is 5.92 Å². The van der Waals surface area contributed by atoms with Crippen LogP contribution >= 0.6 is 0 Å². The third-order valence-electron chi connectivity index (χ3n) is 5.36. The first-order valence-corrected chi connectivity index (χ1v) is 11.0. The summed E-state index contributed by atoms with van der Waals surface area (Å²) >= 11 is 0. The summed E-state index contributed by atoms with van der Waals surface area (Å²) in [5.41, 5.74) is 5.61. The number of nitrogens with two attached hydrogens (primary N) is 1. The van der Waals surface area contributed by atoms with Crippen LogP contribution in [-0.4, -0.2) is 43.7 Å². The number of carbonyl (C=O) groups is 2. The van der Waals surface area contributed by atoms with Crippen molar-refractivity contribution in [2.45, 2.75) is 96.6 Å². The molecule has 158 valence electrons. The van der Waals surface area contributed by atoms with Crippen molar-refractivity contribution >= 4 is 11.9 Å². The summed E-state index contributed by atoms with van der Waals surface area (Å²) in [6, 6.07) is -0.241. The molecule has 0 saturated heterocycles. The third kappa shape index (κ3) is 9.56. The topological polar surface area (TPSA) is 93.5 Å². The second-order valence-electron chi connectivity index (χ2n) is 7.60. The maximum Gasteiger partial charge on any atom is 0.310 e. The Bertz CT molecular complexity index is 417. The molecular formula is C21H41N3O3. The Labute approximate surface area is 165 Å². The zero-order valence-corrected chi connectivity index (χ0v) is 17.4. The van der Waals surface area contributed by atoms with Crippen LogP contribution in [0.25, 0.3) is 0 Å². The molecule has 0 aromatic rings. The minimum Gasteiger partial charge on any atom is -0.466 e. The number of rotatable bonds is 14. The van der Waals surface area contributed by atoms with Gasteiger partial charge in [-0.2, -0.15) is 0 Å². The van der Waals surface area contributed by atoms with Gasteiger partial charge >= 0.3 is 5.97 Å². The molecule has 27 heavy (non-hydrogen) atoms. The van der Waals surface area contributed by atoms with Gasteiger partial charge in [0.2, 0.25) is 5.91 Å². The summed E-state index contributed by atoms with van der Waals surface area (Å²) in [4.78, 5) is 25.0. The Morgan fingerprint density at radius 3 is 2.56 bits per heavy atom. The van der Waals surface area contributed by atoms with Crippen molar-refractivity contribution in [2.75, 3.05) is 19.7 Å². The largest absolute Gasteiger partial charge is 0.466 e. The summed E-state index contributed by atoms with van der Waals surface area (Å²) in [7, 11) is 0. The normalized spacial score (nSPS) is 20.9. The first-order valence-electron chi connectivity index (χ1n) is 11.0. The van der Waals surface area contributed by atoms with Crippen LogP contribution in [0.15, 0.2) is 0 Å². The van der Waals surface area contributed by atoms with Crippen LogP contribution in [-0.2, 0) is 14.3 Å². The smallest absolute Gasteiger partial charge is 0.310 e. The van der Waals surface area contributed by atoms with Crippen molar-refractivity contribution in [2.24, 2.45) is 11.7 Å². The molecule has 1 aliphatic carbocycles. The lowest BCUT2D eigenvalue weighted by molar-refractivity contribution is -0.150. The Hall–Kier alpha value is -1.14. The summed E-state index contributed by atoms with van der Waals surface area (Å²) in [5, 5.41) is 6.58. The predicted molar refractivity (Wildman–Crippen MR) is 109 cm³/mol. The molecular weight excluding hydrogens is 342 g/mol. The number of nitrogens with one attached hydrogen (secondary N) is 2. The first-order chi connectivity index (χ1) is 13.1. The molecule has 1 amide bonds. The third-order valence-corrected chi connectivity index (χ3v) is 5.36. The van der Waals surface area contributed by atoms with E-state index >= 15 is 0 Å². The van der Waals surface area contributed by atoms with Gasteiger partial charge in [0.05, 0.1) is 18.6 Å². The maximum atomic E-state index is 12.7. The average molecular weight is 384 g/mol. The Morgan fingerprint density at radius 1 is 1.07 bits per heavy atom. The predicted octanol–water partition coefficient (Wildman–Crippen LogP) is 2.89. The van der Waals surface area contributed by atoms with Crippen LogP contribution in [0.5, 0.6) is 0 Å². The van der Waals surface area contributed by atoms with E-state index in [0.29, 0.717) is 13.2 Å². The van der Waals surface area contributed by atoms with E-state index in [1.807, 2.05) is 6.92 Å². The van der Waals surface area contributed by atoms with E-state index in [2.05, 4.69) is 17.6 Å². The molecule has 1 rings (SSSR count). The lowest BCUT2D eigenvalue weighted by atomic mass is 9.83. The highest BCUT2D eigenvalue weighted by Crippen LogP contribution is 2.26. The summed E-state index contributed by atoms with van der Waals surface area (Å²) in [6.45, 7) is 5.78. The molecule has 3 unspecified atom stereocenters. The quantitative estimate of drug-likeness (QED) is 0.317. The Balaban J connectivity index is 2.61. The van der Waals surface area contributed by atoms with Crippen molar-refractivity contribution in [3.8, 4) is 0 Å². The van der Waals surface area contributed by atoms with Gasteiger partial charge in [-0.3, -0.25) is 9.59 Å². The van der Waals surface area contributed by atoms with Crippen molar-refractivity contribution in [1.82, 2.24) is 10.6 Å². The van der Waals surface area contributed by atoms with Crippen LogP contribution in [0.4, 0.5) is 0 Å². The highest BCUT2D eigenvalue weighted by Gasteiger charge is 2.34. The molecule has 0 aromatic heterocycles. The lowest BCUT2D eigenvalue weighted by Gasteiger charge is -2.33. The molecule has 0 aromatic carbocycles. The lowest BCUT2D eigenvalue weighted by Crippen LogP contribution is -2.53. The fourth-order valence-electron chi connectivity index (χ4n) is 3.79. The van der Waals surface area contributed by atoms with E-state index in [9.17, 15) is 9.59 Å². The minimum atomic E-state index is -0.261. The van der Waals surface area contributed by atoms with E-state index in [4.69, 9.17) is 10.5 Å². The second kappa shape index (κ2) is 14.9. The Kier molecular flexibility index (Phi) is 13.2. The van der Waals surface area contributed by atoms with E-state index in [1.54, 1.807) is 0 Å². The van der Waals surface area contributed by atoms with Crippen LogP contribution < -0.4 is 16.4 Å². The fourth-order valence-corrected chi connectivity index (χ4v) is 3.79. The van der Waals surface area contributed by atoms with E-state index < -0.39 is 0 Å². The molecule has 0 radical (unpaired) electrons. The number of hydrogen-bond donors (Lipinski definition) is 3. The van der Waals surface area contributed by atoms with Gasteiger partial charge in [-0.15, -0.1) is 0 Å². The zero-order valence-electron chi connectivity index (χ0n) is 17.4. The van der Waals surface area contributed by atoms with Gasteiger partial charge in [0, 0.05) is 12.6 Å². The van der Waals surface area contributed by atoms with Crippen LogP contribution in [0.2, 0.25) is 0 Å². The number of carbonyl (C=O) groups excluding carboxylic acids is 2. The van der Waals surface area contributed by atoms with Gasteiger partial charge in [-0.1, -0.05) is 45.4 Å². The summed E-state index contributed by atoms with van der Waals surface area (Å²) < 4.78 is 5.26. The molecule has 0 bridgehead atoms. The van der Waals surface area contributed by atoms with Crippen LogP contribution in [0.3, 0.4) is 0 Å². The van der Waals surface area contributed by atoms with Crippen molar-refractivity contribution in [3.63, 3.8) is 0 Å². The van der Waals surface area contributed by atoms with Crippen LogP contribution in [0.1, 0.15) is 84.5 Å². The van der Waals surface area contributed by atoms with Gasteiger partial charge in [0.25, 0.3) is 0 Å². The van der Waals surface area contributed by atoms with E-state index in [-0.39, 0.29) is 29.9 Å².